The molecule has 84 valence electrons. The van der Waals surface area contributed by atoms with E-state index in [1.165, 1.54) is 32.1 Å². The van der Waals surface area contributed by atoms with Gasteiger partial charge in [-0.3, -0.25) is 0 Å². The van der Waals surface area contributed by atoms with Crippen molar-refractivity contribution in [1.82, 2.24) is 0 Å². The largest absolute Gasteiger partial charge is 0.325 e. The van der Waals surface area contributed by atoms with Gasteiger partial charge >= 0.3 is 0 Å². The van der Waals surface area contributed by atoms with Crippen molar-refractivity contribution in [2.75, 3.05) is 0 Å². The molecule has 1 rings (SSSR count). The highest BCUT2D eigenvalue weighted by molar-refractivity contribution is 4.92. The second-order valence-electron chi connectivity index (χ2n) is 5.65. The molecule has 0 heterocycles. The van der Waals surface area contributed by atoms with Crippen LogP contribution in [-0.2, 0) is 0 Å². The maximum atomic E-state index is 6.42. The van der Waals surface area contributed by atoms with Gasteiger partial charge in [0.05, 0.1) is 0 Å². The molecule has 1 heteroatoms. The second kappa shape index (κ2) is 4.65. The van der Waals surface area contributed by atoms with Crippen molar-refractivity contribution in [3.63, 3.8) is 0 Å². The van der Waals surface area contributed by atoms with E-state index in [0.717, 1.165) is 11.8 Å². The van der Waals surface area contributed by atoms with E-state index in [-0.39, 0.29) is 5.54 Å². The van der Waals surface area contributed by atoms with Gasteiger partial charge < -0.3 is 5.73 Å². The maximum Gasteiger partial charge on any atom is 0.0177 e. The van der Waals surface area contributed by atoms with Crippen molar-refractivity contribution in [2.45, 2.75) is 65.3 Å². The molecule has 0 spiro atoms. The molecule has 1 atom stereocenters. The van der Waals surface area contributed by atoms with Crippen LogP contribution in [0, 0.1) is 17.8 Å². The number of rotatable bonds is 3. The number of hydrogen-bond acceptors (Lipinski definition) is 1. The van der Waals surface area contributed by atoms with Gasteiger partial charge in [-0.05, 0) is 37.5 Å². The maximum absolute atomic E-state index is 6.42. The molecular formula is C13H27N. The summed E-state index contributed by atoms with van der Waals surface area (Å²) in [5, 5.41) is 0. The van der Waals surface area contributed by atoms with Gasteiger partial charge in [0, 0.05) is 5.54 Å². The molecule has 0 aliphatic heterocycles. The molecule has 1 aliphatic carbocycles. The summed E-state index contributed by atoms with van der Waals surface area (Å²) in [5.41, 5.74) is 6.48. The van der Waals surface area contributed by atoms with E-state index in [9.17, 15) is 0 Å². The summed E-state index contributed by atoms with van der Waals surface area (Å²) in [5.74, 6) is 2.34. The zero-order chi connectivity index (χ0) is 10.8. The van der Waals surface area contributed by atoms with Gasteiger partial charge in [-0.15, -0.1) is 0 Å². The molecule has 1 unspecified atom stereocenters. The Balaban J connectivity index is 2.48. The highest BCUT2D eigenvalue weighted by atomic mass is 14.8. The summed E-state index contributed by atoms with van der Waals surface area (Å²) in [6, 6.07) is 0. The molecule has 14 heavy (non-hydrogen) atoms. The van der Waals surface area contributed by atoms with Crippen LogP contribution in [0.2, 0.25) is 0 Å². The molecule has 1 fully saturated rings. The lowest BCUT2D eigenvalue weighted by atomic mass is 9.68. The molecule has 0 aromatic carbocycles. The topological polar surface area (TPSA) is 26.0 Å². The average molecular weight is 197 g/mol. The van der Waals surface area contributed by atoms with Crippen molar-refractivity contribution in [2.24, 2.45) is 23.5 Å². The Kier molecular flexibility index (Phi) is 4.00. The van der Waals surface area contributed by atoms with E-state index in [4.69, 9.17) is 5.73 Å². The molecule has 1 nitrogen and oxygen atoms in total. The summed E-state index contributed by atoms with van der Waals surface area (Å²) < 4.78 is 0. The molecule has 1 saturated carbocycles. The first-order valence-electron chi connectivity index (χ1n) is 6.27. The Labute approximate surface area is 89.5 Å². The van der Waals surface area contributed by atoms with E-state index < -0.39 is 0 Å². The van der Waals surface area contributed by atoms with Crippen molar-refractivity contribution in [3.05, 3.63) is 0 Å². The van der Waals surface area contributed by atoms with Crippen LogP contribution in [0.3, 0.4) is 0 Å². The molecular weight excluding hydrogens is 170 g/mol. The zero-order valence-corrected chi connectivity index (χ0v) is 10.3. The first-order valence-corrected chi connectivity index (χ1v) is 6.27. The Morgan fingerprint density at radius 2 is 1.71 bits per heavy atom. The van der Waals surface area contributed by atoms with Crippen molar-refractivity contribution >= 4 is 0 Å². The molecule has 2 N–H and O–H groups in total. The third-order valence-electron chi connectivity index (χ3n) is 4.55. The van der Waals surface area contributed by atoms with E-state index in [2.05, 4.69) is 27.7 Å². The lowest BCUT2D eigenvalue weighted by Crippen LogP contribution is -2.49. The molecule has 0 amide bonds. The third kappa shape index (κ3) is 2.50. The van der Waals surface area contributed by atoms with E-state index in [0.29, 0.717) is 5.92 Å². The number of nitrogens with two attached hydrogens (primary N) is 1. The smallest absolute Gasteiger partial charge is 0.0177 e. The van der Waals surface area contributed by atoms with Gasteiger partial charge in [0.25, 0.3) is 0 Å². The normalized spacial score (nSPS) is 33.0. The summed E-state index contributed by atoms with van der Waals surface area (Å²) >= 11 is 0. The lowest BCUT2D eigenvalue weighted by molar-refractivity contribution is 0.144. The minimum atomic E-state index is 0.0543. The predicted molar refractivity (Wildman–Crippen MR) is 63.2 cm³/mol. The van der Waals surface area contributed by atoms with Crippen LogP contribution in [0.5, 0.6) is 0 Å². The first kappa shape index (κ1) is 12.0. The van der Waals surface area contributed by atoms with Crippen LogP contribution in [0.4, 0.5) is 0 Å². The standard InChI is InChI=1S/C13H27N/c1-5-11-6-8-12(9-7-11)13(4,14)10(2)3/h10-12H,5-9,14H2,1-4H3. The van der Waals surface area contributed by atoms with Crippen LogP contribution in [0.1, 0.15) is 59.8 Å². The Bertz CT molecular complexity index is 164. The van der Waals surface area contributed by atoms with Gasteiger partial charge in [0.2, 0.25) is 0 Å². The van der Waals surface area contributed by atoms with Gasteiger partial charge in [0.1, 0.15) is 0 Å². The van der Waals surface area contributed by atoms with Crippen LogP contribution < -0.4 is 5.73 Å². The lowest BCUT2D eigenvalue weighted by Gasteiger charge is -2.41. The van der Waals surface area contributed by atoms with E-state index in [1.54, 1.807) is 0 Å². The van der Waals surface area contributed by atoms with E-state index in [1.807, 2.05) is 0 Å². The van der Waals surface area contributed by atoms with Crippen molar-refractivity contribution in [3.8, 4) is 0 Å². The fraction of sp³-hybridized carbons (Fsp3) is 1.00. The average Bonchev–Trinajstić information content (AvgIpc) is 2.17. The van der Waals surface area contributed by atoms with Gasteiger partial charge in [-0.1, -0.05) is 40.0 Å². The Morgan fingerprint density at radius 3 is 2.07 bits per heavy atom. The van der Waals surface area contributed by atoms with Crippen LogP contribution in [0.15, 0.2) is 0 Å². The Hall–Kier alpha value is -0.0400. The molecule has 1 aliphatic rings. The van der Waals surface area contributed by atoms with Crippen LogP contribution >= 0.6 is 0 Å². The summed E-state index contributed by atoms with van der Waals surface area (Å²) in [4.78, 5) is 0. The van der Waals surface area contributed by atoms with Crippen molar-refractivity contribution < 1.29 is 0 Å². The highest BCUT2D eigenvalue weighted by Crippen LogP contribution is 2.38. The van der Waals surface area contributed by atoms with Crippen LogP contribution in [0.25, 0.3) is 0 Å². The van der Waals surface area contributed by atoms with Gasteiger partial charge in [-0.2, -0.15) is 0 Å². The van der Waals surface area contributed by atoms with Crippen molar-refractivity contribution in [1.29, 1.82) is 0 Å². The van der Waals surface area contributed by atoms with Gasteiger partial charge in [0.15, 0.2) is 0 Å². The Morgan fingerprint density at radius 1 is 1.21 bits per heavy atom. The third-order valence-corrected chi connectivity index (χ3v) is 4.55. The fourth-order valence-electron chi connectivity index (χ4n) is 2.66. The molecule has 0 aromatic heterocycles. The minimum absolute atomic E-state index is 0.0543. The predicted octanol–water partition coefficient (Wildman–Crippen LogP) is 3.58. The molecule has 0 bridgehead atoms. The molecule has 0 aromatic rings. The summed E-state index contributed by atoms with van der Waals surface area (Å²) in [6.45, 7) is 9.07. The zero-order valence-electron chi connectivity index (χ0n) is 10.3. The quantitative estimate of drug-likeness (QED) is 0.735. The first-order chi connectivity index (χ1) is 6.48. The van der Waals surface area contributed by atoms with Gasteiger partial charge in [-0.25, -0.2) is 0 Å². The molecule has 0 radical (unpaired) electrons. The number of hydrogen-bond donors (Lipinski definition) is 1. The minimum Gasteiger partial charge on any atom is -0.325 e. The summed E-state index contributed by atoms with van der Waals surface area (Å²) in [7, 11) is 0. The van der Waals surface area contributed by atoms with E-state index >= 15 is 0 Å². The summed E-state index contributed by atoms with van der Waals surface area (Å²) in [6.07, 6.45) is 6.87. The second-order valence-corrected chi connectivity index (χ2v) is 5.65. The molecule has 0 saturated heterocycles. The fourth-order valence-corrected chi connectivity index (χ4v) is 2.66. The highest BCUT2D eigenvalue weighted by Gasteiger charge is 2.35. The monoisotopic (exact) mass is 197 g/mol. The SMILES string of the molecule is CCC1CCC(C(C)(N)C(C)C)CC1. The van der Waals surface area contributed by atoms with Crippen LogP contribution in [-0.4, -0.2) is 5.54 Å².